The van der Waals surface area contributed by atoms with Crippen LogP contribution in [0.2, 0.25) is 0 Å². The van der Waals surface area contributed by atoms with Crippen LogP contribution in [0.15, 0.2) is 54.6 Å². The molecule has 3 rings (SSSR count). The topological polar surface area (TPSA) is 49.3 Å². The van der Waals surface area contributed by atoms with E-state index in [-0.39, 0.29) is 36.0 Å². The fraction of sp³-hybridized carbons (Fsp3) is 0.435. The lowest BCUT2D eigenvalue weighted by Gasteiger charge is -2.39. The summed E-state index contributed by atoms with van der Waals surface area (Å²) in [7, 11) is 0. The van der Waals surface area contributed by atoms with E-state index >= 15 is 0 Å². The molecule has 0 amide bonds. The van der Waals surface area contributed by atoms with Crippen molar-refractivity contribution >= 4 is 18.2 Å². The van der Waals surface area contributed by atoms with E-state index in [0.29, 0.717) is 18.0 Å². The third-order valence-electron chi connectivity index (χ3n) is 5.81. The largest absolute Gasteiger partial charge is 0.395 e. The monoisotopic (exact) mass is 405 g/mol. The molecule has 0 unspecified atom stereocenters. The van der Waals surface area contributed by atoms with E-state index < -0.39 is 0 Å². The highest BCUT2D eigenvalue weighted by Gasteiger charge is 2.36. The molecule has 0 bridgehead atoms. The number of aliphatic hydroxyl groups is 1. The van der Waals surface area contributed by atoms with Gasteiger partial charge in [0.2, 0.25) is 0 Å². The molecule has 0 spiro atoms. The second kappa shape index (κ2) is 10.7. The lowest BCUT2D eigenvalue weighted by molar-refractivity contribution is 0.0978. The van der Waals surface area contributed by atoms with E-state index in [1.165, 1.54) is 17.7 Å². The lowest BCUT2D eigenvalue weighted by atomic mass is 9.69. The Kier molecular flexibility index (Phi) is 8.61. The predicted octanol–water partition coefficient (Wildman–Crippen LogP) is 4.67. The average molecular weight is 406 g/mol. The molecule has 1 aliphatic carbocycles. The number of aliphatic hydroxyl groups excluding tert-OH is 1. The number of hydrogen-bond acceptors (Lipinski definition) is 3. The summed E-state index contributed by atoms with van der Waals surface area (Å²) in [5.74, 6) is -0.260. The summed E-state index contributed by atoms with van der Waals surface area (Å²) in [6.45, 7) is 0.991. The first-order valence-corrected chi connectivity index (χ1v) is 9.81. The highest BCUT2D eigenvalue weighted by Crippen LogP contribution is 2.39. The number of halogens is 2. The molecule has 2 aromatic carbocycles. The summed E-state index contributed by atoms with van der Waals surface area (Å²) in [4.78, 5) is 12.1. The number of carbonyl (C=O) groups is 1. The molecule has 5 heteroatoms. The minimum absolute atomic E-state index is 0. The van der Waals surface area contributed by atoms with Crippen molar-refractivity contribution < 1.29 is 14.3 Å². The molecular weight excluding hydrogens is 377 g/mol. The SMILES string of the molecule is Cl.O=C(CCCNC1CCC(CO)(c2ccccc2)CC1)c1ccc(F)cc1. The minimum Gasteiger partial charge on any atom is -0.395 e. The molecule has 0 atom stereocenters. The minimum atomic E-state index is -0.319. The molecule has 152 valence electrons. The maximum atomic E-state index is 12.9. The Labute approximate surface area is 172 Å². The summed E-state index contributed by atoms with van der Waals surface area (Å²) in [5.41, 5.74) is 1.69. The van der Waals surface area contributed by atoms with Gasteiger partial charge in [0.15, 0.2) is 5.78 Å². The standard InChI is InChI=1S/C23H28FNO2.ClH/c24-20-10-8-18(9-11-20)22(27)7-4-16-25-21-12-14-23(17-26,15-13-21)19-5-2-1-3-6-19;/h1-3,5-6,8-11,21,25-26H,4,7,12-17H2;1H. The Morgan fingerprint density at radius 1 is 1.07 bits per heavy atom. The van der Waals surface area contributed by atoms with Gasteiger partial charge in [-0.1, -0.05) is 30.3 Å². The fourth-order valence-corrected chi connectivity index (χ4v) is 4.04. The molecule has 1 fully saturated rings. The van der Waals surface area contributed by atoms with Crippen LogP contribution in [0.5, 0.6) is 0 Å². The second-order valence-corrected chi connectivity index (χ2v) is 7.57. The zero-order valence-corrected chi connectivity index (χ0v) is 16.9. The zero-order valence-electron chi connectivity index (χ0n) is 16.1. The fourth-order valence-electron chi connectivity index (χ4n) is 4.04. The molecule has 0 aromatic heterocycles. The molecular formula is C23H29ClFNO2. The first-order chi connectivity index (χ1) is 13.1. The summed E-state index contributed by atoms with van der Waals surface area (Å²) in [6, 6.07) is 16.5. The number of Topliss-reactive ketones (excluding diaryl/α,β-unsaturated/α-hetero) is 1. The van der Waals surface area contributed by atoms with E-state index in [0.717, 1.165) is 38.6 Å². The molecule has 2 N–H and O–H groups in total. The van der Waals surface area contributed by atoms with Crippen LogP contribution in [0.1, 0.15) is 54.4 Å². The Balaban J connectivity index is 0.00000280. The van der Waals surface area contributed by atoms with E-state index in [9.17, 15) is 14.3 Å². The second-order valence-electron chi connectivity index (χ2n) is 7.57. The third-order valence-corrected chi connectivity index (χ3v) is 5.81. The molecule has 0 radical (unpaired) electrons. The van der Waals surface area contributed by atoms with Gasteiger partial charge in [0, 0.05) is 23.4 Å². The number of benzene rings is 2. The predicted molar refractivity (Wildman–Crippen MR) is 113 cm³/mol. The lowest BCUT2D eigenvalue weighted by Crippen LogP contribution is -2.42. The van der Waals surface area contributed by atoms with Gasteiger partial charge in [-0.15, -0.1) is 12.4 Å². The van der Waals surface area contributed by atoms with Crippen molar-refractivity contribution in [1.29, 1.82) is 0 Å². The molecule has 0 aliphatic heterocycles. The summed E-state index contributed by atoms with van der Waals surface area (Å²) in [6.07, 6.45) is 5.24. The van der Waals surface area contributed by atoms with Crippen LogP contribution in [0.4, 0.5) is 4.39 Å². The van der Waals surface area contributed by atoms with Gasteiger partial charge in [-0.3, -0.25) is 4.79 Å². The van der Waals surface area contributed by atoms with Gasteiger partial charge in [-0.2, -0.15) is 0 Å². The van der Waals surface area contributed by atoms with Crippen LogP contribution >= 0.6 is 12.4 Å². The molecule has 28 heavy (non-hydrogen) atoms. The van der Waals surface area contributed by atoms with Gasteiger partial charge in [-0.05, 0) is 68.5 Å². The highest BCUT2D eigenvalue weighted by atomic mass is 35.5. The van der Waals surface area contributed by atoms with Crippen LogP contribution in [-0.4, -0.2) is 30.1 Å². The number of carbonyl (C=O) groups excluding carboxylic acids is 1. The van der Waals surface area contributed by atoms with E-state index in [1.54, 1.807) is 12.1 Å². The Morgan fingerprint density at radius 2 is 1.71 bits per heavy atom. The number of nitrogens with one attached hydrogen (secondary N) is 1. The third kappa shape index (κ3) is 5.63. The van der Waals surface area contributed by atoms with E-state index in [4.69, 9.17) is 0 Å². The Morgan fingerprint density at radius 3 is 2.32 bits per heavy atom. The zero-order chi connectivity index (χ0) is 19.1. The normalized spacial score (nSPS) is 21.7. The van der Waals surface area contributed by atoms with Gasteiger partial charge in [-0.25, -0.2) is 4.39 Å². The number of hydrogen-bond donors (Lipinski definition) is 2. The van der Waals surface area contributed by atoms with Gasteiger partial charge < -0.3 is 10.4 Å². The first-order valence-electron chi connectivity index (χ1n) is 9.81. The average Bonchev–Trinajstić information content (AvgIpc) is 2.73. The van der Waals surface area contributed by atoms with Gasteiger partial charge in [0.05, 0.1) is 6.61 Å². The van der Waals surface area contributed by atoms with Crippen molar-refractivity contribution in [3.8, 4) is 0 Å². The summed E-state index contributed by atoms with van der Waals surface area (Å²) >= 11 is 0. The number of ketones is 1. The number of rotatable bonds is 8. The van der Waals surface area contributed by atoms with Crippen LogP contribution < -0.4 is 5.32 Å². The van der Waals surface area contributed by atoms with Crippen molar-refractivity contribution in [1.82, 2.24) is 5.32 Å². The molecule has 0 saturated heterocycles. The van der Waals surface area contributed by atoms with Gasteiger partial charge in [0.1, 0.15) is 5.82 Å². The molecule has 2 aromatic rings. The summed E-state index contributed by atoms with van der Waals surface area (Å²) in [5, 5.41) is 13.6. The first kappa shape index (κ1) is 22.5. The molecule has 0 heterocycles. The van der Waals surface area contributed by atoms with Crippen molar-refractivity contribution in [2.24, 2.45) is 0 Å². The quantitative estimate of drug-likeness (QED) is 0.495. The Hall–Kier alpha value is -1.75. The van der Waals surface area contributed by atoms with Crippen molar-refractivity contribution in [2.45, 2.75) is 50.0 Å². The Bertz CT molecular complexity index is 728. The highest BCUT2D eigenvalue weighted by molar-refractivity contribution is 5.95. The van der Waals surface area contributed by atoms with E-state index in [1.807, 2.05) is 18.2 Å². The maximum absolute atomic E-state index is 12.9. The van der Waals surface area contributed by atoms with Crippen LogP contribution in [-0.2, 0) is 5.41 Å². The molecule has 1 saturated carbocycles. The van der Waals surface area contributed by atoms with Crippen molar-refractivity contribution in [3.05, 3.63) is 71.5 Å². The van der Waals surface area contributed by atoms with Crippen LogP contribution in [0.25, 0.3) is 0 Å². The van der Waals surface area contributed by atoms with Crippen molar-refractivity contribution in [2.75, 3.05) is 13.2 Å². The molecule has 3 nitrogen and oxygen atoms in total. The van der Waals surface area contributed by atoms with Gasteiger partial charge in [0.25, 0.3) is 0 Å². The van der Waals surface area contributed by atoms with Crippen molar-refractivity contribution in [3.63, 3.8) is 0 Å². The van der Waals surface area contributed by atoms with Crippen LogP contribution in [0, 0.1) is 5.82 Å². The van der Waals surface area contributed by atoms with Gasteiger partial charge >= 0.3 is 0 Å². The smallest absolute Gasteiger partial charge is 0.162 e. The van der Waals surface area contributed by atoms with E-state index in [2.05, 4.69) is 17.4 Å². The summed E-state index contributed by atoms with van der Waals surface area (Å²) < 4.78 is 12.9. The molecule has 1 aliphatic rings. The maximum Gasteiger partial charge on any atom is 0.162 e. The van der Waals surface area contributed by atoms with Crippen LogP contribution in [0.3, 0.4) is 0 Å².